The fourth-order valence-corrected chi connectivity index (χ4v) is 3.38. The number of aliphatic imine (C=N–C) groups is 1. The number of benzene rings is 1. The van der Waals surface area contributed by atoms with Crippen molar-refractivity contribution in [1.82, 2.24) is 15.5 Å². The predicted octanol–water partition coefficient (Wildman–Crippen LogP) is 0.790. The molecule has 8 nitrogen and oxygen atoms in total. The van der Waals surface area contributed by atoms with Crippen LogP contribution in [0.2, 0.25) is 0 Å². The summed E-state index contributed by atoms with van der Waals surface area (Å²) in [7, 11) is -0.277. The average molecular weight is 396 g/mol. The first-order valence-electron chi connectivity index (χ1n) is 9.12. The summed E-state index contributed by atoms with van der Waals surface area (Å²) in [5, 5.41) is 11.6. The Morgan fingerprint density at radius 3 is 2.37 bits per heavy atom. The van der Waals surface area contributed by atoms with E-state index >= 15 is 0 Å². The first kappa shape index (κ1) is 21.2. The molecule has 0 atom stereocenters. The first-order valence-corrected chi connectivity index (χ1v) is 10.7. The normalized spacial score (nSPS) is 16.0. The molecule has 0 saturated heterocycles. The van der Waals surface area contributed by atoms with Crippen LogP contribution in [0.15, 0.2) is 34.2 Å². The number of carbonyl (C=O) groups excluding carboxylic acids is 1. The molecule has 27 heavy (non-hydrogen) atoms. The SMILES string of the molecule is CN(C)C(=O)CNC(=NCc1ccc(S(N)(=O)=O)cc1)NC1CCCCC1. The maximum atomic E-state index is 11.9. The Morgan fingerprint density at radius 2 is 1.81 bits per heavy atom. The van der Waals surface area contributed by atoms with E-state index in [0.717, 1.165) is 18.4 Å². The quantitative estimate of drug-likeness (QED) is 0.486. The molecule has 1 aromatic carbocycles. The Hall–Kier alpha value is -2.13. The van der Waals surface area contributed by atoms with E-state index < -0.39 is 10.0 Å². The number of nitrogens with two attached hydrogens (primary N) is 1. The van der Waals surface area contributed by atoms with E-state index in [0.29, 0.717) is 18.5 Å². The first-order chi connectivity index (χ1) is 12.8. The lowest BCUT2D eigenvalue weighted by molar-refractivity contribution is -0.127. The molecule has 0 spiro atoms. The molecule has 150 valence electrons. The zero-order valence-corrected chi connectivity index (χ0v) is 16.8. The highest BCUT2D eigenvalue weighted by atomic mass is 32.2. The van der Waals surface area contributed by atoms with Gasteiger partial charge in [0.2, 0.25) is 15.9 Å². The van der Waals surface area contributed by atoms with E-state index in [2.05, 4.69) is 15.6 Å². The smallest absolute Gasteiger partial charge is 0.241 e. The molecule has 0 unspecified atom stereocenters. The summed E-state index contributed by atoms with van der Waals surface area (Å²) >= 11 is 0. The minimum atomic E-state index is -3.70. The van der Waals surface area contributed by atoms with Crippen LogP contribution in [0, 0.1) is 0 Å². The molecule has 1 amide bonds. The van der Waals surface area contributed by atoms with Gasteiger partial charge in [0, 0.05) is 20.1 Å². The summed E-state index contributed by atoms with van der Waals surface area (Å²) in [4.78, 5) is 18.0. The third-order valence-corrected chi connectivity index (χ3v) is 5.45. The molecule has 1 saturated carbocycles. The van der Waals surface area contributed by atoms with Gasteiger partial charge in [0.05, 0.1) is 18.0 Å². The third-order valence-electron chi connectivity index (χ3n) is 4.52. The average Bonchev–Trinajstić information content (AvgIpc) is 2.64. The van der Waals surface area contributed by atoms with Crippen LogP contribution >= 0.6 is 0 Å². The van der Waals surface area contributed by atoms with Gasteiger partial charge in [0.15, 0.2) is 5.96 Å². The van der Waals surface area contributed by atoms with Crippen LogP contribution < -0.4 is 15.8 Å². The van der Waals surface area contributed by atoms with Crippen molar-refractivity contribution in [2.24, 2.45) is 10.1 Å². The standard InChI is InChI=1S/C18H29N5O3S/c1-23(2)17(24)13-21-18(22-15-6-4-3-5-7-15)20-12-14-8-10-16(11-9-14)27(19,25)26/h8-11,15H,3-7,12-13H2,1-2H3,(H2,19,25,26)(H2,20,21,22). The lowest BCUT2D eigenvalue weighted by atomic mass is 9.96. The number of hydrogen-bond donors (Lipinski definition) is 3. The van der Waals surface area contributed by atoms with Crippen molar-refractivity contribution >= 4 is 21.9 Å². The number of nitrogens with zero attached hydrogens (tertiary/aromatic N) is 2. The molecule has 0 bridgehead atoms. The highest BCUT2D eigenvalue weighted by molar-refractivity contribution is 7.89. The van der Waals surface area contributed by atoms with E-state index in [1.165, 1.54) is 36.3 Å². The van der Waals surface area contributed by atoms with Crippen molar-refractivity contribution < 1.29 is 13.2 Å². The van der Waals surface area contributed by atoms with Crippen LogP contribution in [0.1, 0.15) is 37.7 Å². The largest absolute Gasteiger partial charge is 0.354 e. The van der Waals surface area contributed by atoms with Crippen LogP contribution in [0.3, 0.4) is 0 Å². The van der Waals surface area contributed by atoms with Crippen LogP contribution in [0.4, 0.5) is 0 Å². The van der Waals surface area contributed by atoms with Crippen LogP contribution in [-0.4, -0.2) is 51.9 Å². The van der Waals surface area contributed by atoms with Gasteiger partial charge in [-0.15, -0.1) is 0 Å². The predicted molar refractivity (Wildman–Crippen MR) is 106 cm³/mol. The zero-order chi connectivity index (χ0) is 19.9. The van der Waals surface area contributed by atoms with Crippen molar-refractivity contribution in [3.63, 3.8) is 0 Å². The number of guanidine groups is 1. The van der Waals surface area contributed by atoms with Crippen molar-refractivity contribution in [1.29, 1.82) is 0 Å². The van der Waals surface area contributed by atoms with Gasteiger partial charge in [0.25, 0.3) is 0 Å². The Labute approximate surface area is 161 Å². The molecule has 0 radical (unpaired) electrons. The maximum absolute atomic E-state index is 11.9. The minimum absolute atomic E-state index is 0.0364. The number of sulfonamides is 1. The van der Waals surface area contributed by atoms with Gasteiger partial charge in [-0.3, -0.25) is 4.79 Å². The number of amides is 1. The molecule has 1 fully saturated rings. The number of carbonyl (C=O) groups is 1. The van der Waals surface area contributed by atoms with Gasteiger partial charge in [0.1, 0.15) is 0 Å². The zero-order valence-electron chi connectivity index (χ0n) is 15.9. The van der Waals surface area contributed by atoms with E-state index in [-0.39, 0.29) is 17.3 Å². The second-order valence-electron chi connectivity index (χ2n) is 6.97. The van der Waals surface area contributed by atoms with Crippen LogP contribution in [0.5, 0.6) is 0 Å². The van der Waals surface area contributed by atoms with E-state index in [9.17, 15) is 13.2 Å². The van der Waals surface area contributed by atoms with Gasteiger partial charge < -0.3 is 15.5 Å². The van der Waals surface area contributed by atoms with Crippen molar-refractivity contribution in [3.8, 4) is 0 Å². The minimum Gasteiger partial charge on any atom is -0.354 e. The lowest BCUT2D eigenvalue weighted by Crippen LogP contribution is -2.47. The summed E-state index contributed by atoms with van der Waals surface area (Å²) in [5.74, 6) is 0.554. The van der Waals surface area contributed by atoms with Gasteiger partial charge in [-0.2, -0.15) is 0 Å². The van der Waals surface area contributed by atoms with Crippen molar-refractivity contribution in [2.45, 2.75) is 49.6 Å². The second kappa shape index (κ2) is 9.70. The van der Waals surface area contributed by atoms with Crippen LogP contribution in [-0.2, 0) is 21.4 Å². The van der Waals surface area contributed by atoms with Gasteiger partial charge in [-0.1, -0.05) is 31.4 Å². The summed E-state index contributed by atoms with van der Waals surface area (Å²) < 4.78 is 22.7. The molecule has 0 heterocycles. The fraction of sp³-hybridized carbons (Fsp3) is 0.556. The monoisotopic (exact) mass is 395 g/mol. The molecular formula is C18H29N5O3S. The Morgan fingerprint density at radius 1 is 1.19 bits per heavy atom. The topological polar surface area (TPSA) is 117 Å². The molecule has 1 aliphatic carbocycles. The highest BCUT2D eigenvalue weighted by Gasteiger charge is 2.15. The van der Waals surface area contributed by atoms with Gasteiger partial charge >= 0.3 is 0 Å². The molecule has 2 rings (SSSR count). The van der Waals surface area contributed by atoms with E-state index in [4.69, 9.17) is 5.14 Å². The van der Waals surface area contributed by atoms with Crippen LogP contribution in [0.25, 0.3) is 0 Å². The summed E-state index contributed by atoms with van der Waals surface area (Å²) in [6.45, 7) is 0.527. The summed E-state index contributed by atoms with van der Waals surface area (Å²) in [6.07, 6.45) is 5.82. The highest BCUT2D eigenvalue weighted by Crippen LogP contribution is 2.17. The number of primary sulfonamides is 1. The molecule has 1 aliphatic rings. The molecule has 1 aromatic rings. The van der Waals surface area contributed by atoms with Crippen molar-refractivity contribution in [3.05, 3.63) is 29.8 Å². The number of nitrogens with one attached hydrogen (secondary N) is 2. The van der Waals surface area contributed by atoms with Gasteiger partial charge in [-0.05, 0) is 30.5 Å². The molecule has 0 aromatic heterocycles. The molecule has 9 heteroatoms. The Balaban J connectivity index is 2.04. The molecular weight excluding hydrogens is 366 g/mol. The fourth-order valence-electron chi connectivity index (χ4n) is 2.87. The molecule has 0 aliphatic heterocycles. The summed E-state index contributed by atoms with van der Waals surface area (Å²) in [6, 6.07) is 6.66. The third kappa shape index (κ3) is 7.18. The van der Waals surface area contributed by atoms with E-state index in [1.807, 2.05) is 0 Å². The number of hydrogen-bond acceptors (Lipinski definition) is 4. The number of likely N-dealkylation sites (N-methyl/N-ethyl adjacent to an activating group) is 1. The lowest BCUT2D eigenvalue weighted by Gasteiger charge is -2.25. The van der Waals surface area contributed by atoms with Gasteiger partial charge in [-0.25, -0.2) is 18.5 Å². The molecule has 4 N–H and O–H groups in total. The summed E-state index contributed by atoms with van der Waals surface area (Å²) in [5.41, 5.74) is 0.853. The van der Waals surface area contributed by atoms with Crippen molar-refractivity contribution in [2.75, 3.05) is 20.6 Å². The number of rotatable bonds is 6. The Kier molecular flexibility index (Phi) is 7.61. The Bertz CT molecular complexity index is 754. The second-order valence-corrected chi connectivity index (χ2v) is 8.54. The van der Waals surface area contributed by atoms with E-state index in [1.54, 1.807) is 26.2 Å². The maximum Gasteiger partial charge on any atom is 0.241 e.